The van der Waals surface area contributed by atoms with Crippen molar-refractivity contribution in [1.82, 2.24) is 9.78 Å². The molecule has 0 spiro atoms. The van der Waals surface area contributed by atoms with Crippen LogP contribution in [0.5, 0.6) is 0 Å². The van der Waals surface area contributed by atoms with Crippen molar-refractivity contribution in [2.24, 2.45) is 0 Å². The third-order valence-corrected chi connectivity index (χ3v) is 2.81. The standard InChI is InChI=1S/C12H20F3N3/c1-2-3-4-5-6-7-8-18-10(12(13,14)15)9-11(16)17-18/h9H,2-8H2,1H3,(H2,16,17). The first-order valence-corrected chi connectivity index (χ1v) is 6.35. The summed E-state index contributed by atoms with van der Waals surface area (Å²) in [6.45, 7) is 2.40. The molecular weight excluding hydrogens is 243 g/mol. The van der Waals surface area contributed by atoms with Gasteiger partial charge in [-0.25, -0.2) is 0 Å². The Balaban J connectivity index is 2.42. The molecule has 2 N–H and O–H groups in total. The number of hydrogen-bond acceptors (Lipinski definition) is 2. The number of nitrogens with two attached hydrogens (primary N) is 1. The van der Waals surface area contributed by atoms with Crippen LogP contribution in [0.3, 0.4) is 0 Å². The van der Waals surface area contributed by atoms with E-state index in [0.717, 1.165) is 36.4 Å². The van der Waals surface area contributed by atoms with E-state index in [1.165, 1.54) is 6.42 Å². The Labute approximate surface area is 105 Å². The maximum Gasteiger partial charge on any atom is 0.433 e. The Kier molecular flexibility index (Phi) is 5.50. The molecule has 0 aliphatic carbocycles. The van der Waals surface area contributed by atoms with Crippen LogP contribution in [0, 0.1) is 0 Å². The van der Waals surface area contributed by atoms with Crippen molar-refractivity contribution in [3.8, 4) is 0 Å². The van der Waals surface area contributed by atoms with E-state index in [1.807, 2.05) is 0 Å². The number of halogens is 3. The molecule has 0 aliphatic heterocycles. The molecule has 1 heterocycles. The Hall–Kier alpha value is -1.20. The van der Waals surface area contributed by atoms with Gasteiger partial charge < -0.3 is 5.73 Å². The number of unbranched alkanes of at least 4 members (excludes halogenated alkanes) is 5. The highest BCUT2D eigenvalue weighted by molar-refractivity contribution is 5.30. The number of hydrogen-bond donors (Lipinski definition) is 1. The highest BCUT2D eigenvalue weighted by Gasteiger charge is 2.35. The van der Waals surface area contributed by atoms with E-state index >= 15 is 0 Å². The molecule has 0 atom stereocenters. The van der Waals surface area contributed by atoms with Crippen molar-refractivity contribution in [2.45, 2.75) is 58.2 Å². The number of aromatic nitrogens is 2. The van der Waals surface area contributed by atoms with Crippen LogP contribution in [0.2, 0.25) is 0 Å². The molecule has 0 radical (unpaired) electrons. The average Bonchev–Trinajstić information content (AvgIpc) is 2.64. The highest BCUT2D eigenvalue weighted by atomic mass is 19.4. The number of alkyl halides is 3. The van der Waals surface area contributed by atoms with Crippen LogP contribution < -0.4 is 5.73 Å². The second-order valence-corrected chi connectivity index (χ2v) is 4.44. The Morgan fingerprint density at radius 1 is 1.17 bits per heavy atom. The topological polar surface area (TPSA) is 43.8 Å². The summed E-state index contributed by atoms with van der Waals surface area (Å²) in [5, 5.41) is 3.69. The van der Waals surface area contributed by atoms with E-state index in [9.17, 15) is 13.2 Å². The third kappa shape index (κ3) is 4.58. The van der Waals surface area contributed by atoms with Crippen molar-refractivity contribution in [3.05, 3.63) is 11.8 Å². The van der Waals surface area contributed by atoms with E-state index in [1.54, 1.807) is 0 Å². The number of aryl methyl sites for hydroxylation is 1. The van der Waals surface area contributed by atoms with Gasteiger partial charge in [0.2, 0.25) is 0 Å². The molecule has 6 heteroatoms. The molecule has 1 aromatic rings. The molecular formula is C12H20F3N3. The molecule has 1 aromatic heterocycles. The summed E-state index contributed by atoms with van der Waals surface area (Å²) >= 11 is 0. The van der Waals surface area contributed by atoms with Crippen LogP contribution in [0.15, 0.2) is 6.07 Å². The Bertz CT molecular complexity index is 358. The van der Waals surface area contributed by atoms with Crippen molar-refractivity contribution in [2.75, 3.05) is 5.73 Å². The monoisotopic (exact) mass is 263 g/mol. The molecule has 0 aliphatic rings. The molecule has 0 saturated heterocycles. The van der Waals surface area contributed by atoms with Gasteiger partial charge in [0.25, 0.3) is 0 Å². The fraction of sp³-hybridized carbons (Fsp3) is 0.750. The lowest BCUT2D eigenvalue weighted by atomic mass is 10.1. The molecule has 3 nitrogen and oxygen atoms in total. The first-order chi connectivity index (χ1) is 8.45. The van der Waals surface area contributed by atoms with Crippen LogP contribution >= 0.6 is 0 Å². The maximum absolute atomic E-state index is 12.6. The molecule has 0 aromatic carbocycles. The zero-order valence-electron chi connectivity index (χ0n) is 10.6. The van der Waals surface area contributed by atoms with Crippen molar-refractivity contribution < 1.29 is 13.2 Å². The highest BCUT2D eigenvalue weighted by Crippen LogP contribution is 2.30. The lowest BCUT2D eigenvalue weighted by Crippen LogP contribution is -2.14. The summed E-state index contributed by atoms with van der Waals surface area (Å²) in [6.07, 6.45) is 1.80. The number of nitrogen functional groups attached to an aromatic ring is 1. The summed E-state index contributed by atoms with van der Waals surface area (Å²) in [6, 6.07) is 0.886. The van der Waals surface area contributed by atoms with Crippen LogP contribution in [0.4, 0.5) is 19.0 Å². The van der Waals surface area contributed by atoms with Crippen LogP contribution in [-0.2, 0) is 12.7 Å². The van der Waals surface area contributed by atoms with Gasteiger partial charge in [0.05, 0.1) is 0 Å². The molecule has 18 heavy (non-hydrogen) atoms. The van der Waals surface area contributed by atoms with Gasteiger partial charge in [-0.15, -0.1) is 0 Å². The number of rotatable bonds is 7. The minimum absolute atomic E-state index is 0.0756. The van der Waals surface area contributed by atoms with Gasteiger partial charge in [-0.1, -0.05) is 39.0 Å². The summed E-state index contributed by atoms with van der Waals surface area (Å²) in [4.78, 5) is 0. The lowest BCUT2D eigenvalue weighted by molar-refractivity contribution is -0.144. The van der Waals surface area contributed by atoms with Gasteiger partial charge in [-0.3, -0.25) is 4.68 Å². The quantitative estimate of drug-likeness (QED) is 0.759. The van der Waals surface area contributed by atoms with Gasteiger partial charge in [0.1, 0.15) is 11.5 Å². The van der Waals surface area contributed by atoms with Gasteiger partial charge in [0, 0.05) is 12.6 Å². The molecule has 0 fully saturated rings. The van der Waals surface area contributed by atoms with Crippen molar-refractivity contribution in [1.29, 1.82) is 0 Å². The largest absolute Gasteiger partial charge is 0.433 e. The van der Waals surface area contributed by atoms with E-state index in [0.29, 0.717) is 6.42 Å². The van der Waals surface area contributed by atoms with Crippen molar-refractivity contribution in [3.63, 3.8) is 0 Å². The van der Waals surface area contributed by atoms with E-state index in [2.05, 4.69) is 12.0 Å². The second-order valence-electron chi connectivity index (χ2n) is 4.44. The summed E-state index contributed by atoms with van der Waals surface area (Å²) in [5.41, 5.74) is 4.56. The first kappa shape index (κ1) is 14.9. The fourth-order valence-electron chi connectivity index (χ4n) is 1.88. The third-order valence-electron chi connectivity index (χ3n) is 2.81. The van der Waals surface area contributed by atoms with E-state index in [-0.39, 0.29) is 12.4 Å². The number of anilines is 1. The second kappa shape index (κ2) is 6.66. The molecule has 0 amide bonds. The predicted octanol–water partition coefficient (Wildman–Crippen LogP) is 3.84. The van der Waals surface area contributed by atoms with E-state index in [4.69, 9.17) is 5.73 Å². The van der Waals surface area contributed by atoms with Gasteiger partial charge in [0.15, 0.2) is 0 Å². The zero-order valence-corrected chi connectivity index (χ0v) is 10.6. The van der Waals surface area contributed by atoms with E-state index < -0.39 is 11.9 Å². The summed E-state index contributed by atoms with van der Waals surface area (Å²) < 4.78 is 38.8. The van der Waals surface area contributed by atoms with Crippen LogP contribution in [0.1, 0.15) is 51.1 Å². The smallest absolute Gasteiger partial charge is 0.382 e. The molecule has 0 bridgehead atoms. The van der Waals surface area contributed by atoms with Gasteiger partial charge >= 0.3 is 6.18 Å². The molecule has 0 unspecified atom stereocenters. The molecule has 0 saturated carbocycles. The summed E-state index contributed by atoms with van der Waals surface area (Å²) in [7, 11) is 0. The maximum atomic E-state index is 12.6. The summed E-state index contributed by atoms with van der Waals surface area (Å²) in [5.74, 6) is -0.0756. The van der Waals surface area contributed by atoms with Crippen LogP contribution in [-0.4, -0.2) is 9.78 Å². The Morgan fingerprint density at radius 2 is 1.78 bits per heavy atom. The molecule has 1 rings (SSSR count). The SMILES string of the molecule is CCCCCCCCn1nc(N)cc1C(F)(F)F. The van der Waals surface area contributed by atoms with Crippen molar-refractivity contribution >= 4 is 5.82 Å². The normalized spacial score (nSPS) is 12.0. The predicted molar refractivity (Wildman–Crippen MR) is 65.0 cm³/mol. The average molecular weight is 263 g/mol. The minimum atomic E-state index is -4.38. The van der Waals surface area contributed by atoms with Gasteiger partial charge in [-0.2, -0.15) is 18.3 Å². The fourth-order valence-corrected chi connectivity index (χ4v) is 1.88. The Morgan fingerprint density at radius 3 is 2.39 bits per heavy atom. The first-order valence-electron chi connectivity index (χ1n) is 6.35. The minimum Gasteiger partial charge on any atom is -0.382 e. The van der Waals surface area contributed by atoms with Crippen LogP contribution in [0.25, 0.3) is 0 Å². The lowest BCUT2D eigenvalue weighted by Gasteiger charge is -2.09. The zero-order chi connectivity index (χ0) is 13.6. The number of nitrogens with zero attached hydrogens (tertiary/aromatic N) is 2. The molecule has 104 valence electrons. The van der Waals surface area contributed by atoms with Gasteiger partial charge in [-0.05, 0) is 6.42 Å².